The van der Waals surface area contributed by atoms with Gasteiger partial charge in [0.25, 0.3) is 5.91 Å². The van der Waals surface area contributed by atoms with E-state index in [0.29, 0.717) is 26.2 Å². The zero-order valence-corrected chi connectivity index (χ0v) is 16.3. The molecule has 5 heteroatoms. The van der Waals surface area contributed by atoms with Gasteiger partial charge in [-0.3, -0.25) is 4.79 Å². The highest BCUT2D eigenvalue weighted by molar-refractivity contribution is 5.94. The van der Waals surface area contributed by atoms with Crippen LogP contribution >= 0.6 is 0 Å². The number of urea groups is 1. The van der Waals surface area contributed by atoms with Gasteiger partial charge >= 0.3 is 6.03 Å². The number of hydrogen-bond acceptors (Lipinski definition) is 2. The first-order chi connectivity index (χ1) is 12.3. The van der Waals surface area contributed by atoms with Gasteiger partial charge in [0.1, 0.15) is 0 Å². The lowest BCUT2D eigenvalue weighted by atomic mass is 9.90. The highest BCUT2D eigenvalue weighted by Gasteiger charge is 2.25. The fraction of sp³-hybridized carbons (Fsp3) is 0.619. The predicted molar refractivity (Wildman–Crippen MR) is 103 cm³/mol. The van der Waals surface area contributed by atoms with E-state index in [1.54, 1.807) is 0 Å². The molecule has 0 aromatic heterocycles. The molecule has 1 N–H and O–H groups in total. The minimum Gasteiger partial charge on any atom is -0.337 e. The van der Waals surface area contributed by atoms with Crippen LogP contribution in [0.2, 0.25) is 0 Å². The zero-order chi connectivity index (χ0) is 18.7. The van der Waals surface area contributed by atoms with Crippen LogP contribution in [0.15, 0.2) is 18.2 Å². The van der Waals surface area contributed by atoms with E-state index in [1.807, 2.05) is 36.6 Å². The Balaban J connectivity index is 1.63. The summed E-state index contributed by atoms with van der Waals surface area (Å²) < 4.78 is 0. The Kier molecular flexibility index (Phi) is 5.54. The second-order valence-corrected chi connectivity index (χ2v) is 8.50. The van der Waals surface area contributed by atoms with E-state index in [1.165, 1.54) is 24.0 Å². The standard InChI is InChI=1S/C21H31N3O2/c1-21(2,3)22-20(26)24-12-6-11-23(13-14-24)19(25)18-10-9-16-7-4-5-8-17(16)15-18/h9-10,15H,4-8,11-14H2,1-3H3,(H,22,26). The van der Waals surface area contributed by atoms with Gasteiger partial charge in [0, 0.05) is 37.3 Å². The maximum Gasteiger partial charge on any atom is 0.317 e. The summed E-state index contributed by atoms with van der Waals surface area (Å²) in [5.41, 5.74) is 3.28. The number of carbonyl (C=O) groups excluding carboxylic acids is 2. The van der Waals surface area contributed by atoms with E-state index in [0.717, 1.165) is 24.8 Å². The average Bonchev–Trinajstić information content (AvgIpc) is 2.85. The summed E-state index contributed by atoms with van der Waals surface area (Å²) in [4.78, 5) is 29.1. The Morgan fingerprint density at radius 3 is 2.27 bits per heavy atom. The monoisotopic (exact) mass is 357 g/mol. The first kappa shape index (κ1) is 18.7. The van der Waals surface area contributed by atoms with E-state index in [2.05, 4.69) is 17.4 Å². The Morgan fingerprint density at radius 1 is 0.885 bits per heavy atom. The molecule has 3 rings (SSSR count). The molecule has 0 spiro atoms. The van der Waals surface area contributed by atoms with Crippen LogP contribution in [0, 0.1) is 0 Å². The van der Waals surface area contributed by atoms with Crippen LogP contribution < -0.4 is 5.32 Å². The van der Waals surface area contributed by atoms with E-state index < -0.39 is 0 Å². The predicted octanol–water partition coefficient (Wildman–Crippen LogP) is 3.22. The van der Waals surface area contributed by atoms with Crippen LogP contribution in [-0.4, -0.2) is 53.5 Å². The Morgan fingerprint density at radius 2 is 1.54 bits per heavy atom. The average molecular weight is 357 g/mol. The fourth-order valence-electron chi connectivity index (χ4n) is 3.77. The third kappa shape index (κ3) is 4.57. The van der Waals surface area contributed by atoms with Crippen LogP contribution in [0.5, 0.6) is 0 Å². The summed E-state index contributed by atoms with van der Waals surface area (Å²) in [5, 5.41) is 3.01. The highest BCUT2D eigenvalue weighted by Crippen LogP contribution is 2.23. The van der Waals surface area contributed by atoms with E-state index in [9.17, 15) is 9.59 Å². The molecule has 1 aromatic carbocycles. The van der Waals surface area contributed by atoms with Gasteiger partial charge in [0.15, 0.2) is 0 Å². The van der Waals surface area contributed by atoms with Gasteiger partial charge in [-0.2, -0.15) is 0 Å². The molecule has 0 atom stereocenters. The maximum atomic E-state index is 13.0. The van der Waals surface area contributed by atoms with Crippen LogP contribution in [0.4, 0.5) is 4.79 Å². The van der Waals surface area contributed by atoms with Gasteiger partial charge in [-0.1, -0.05) is 6.07 Å². The van der Waals surface area contributed by atoms with Crippen molar-refractivity contribution in [2.45, 2.75) is 58.4 Å². The van der Waals surface area contributed by atoms with Crippen molar-refractivity contribution < 1.29 is 9.59 Å². The number of rotatable bonds is 1. The molecular formula is C21H31N3O2. The van der Waals surface area contributed by atoms with Crippen molar-refractivity contribution in [2.24, 2.45) is 0 Å². The van der Waals surface area contributed by atoms with Crippen molar-refractivity contribution >= 4 is 11.9 Å². The largest absolute Gasteiger partial charge is 0.337 e. The van der Waals surface area contributed by atoms with Crippen LogP contribution in [0.3, 0.4) is 0 Å². The second-order valence-electron chi connectivity index (χ2n) is 8.50. The molecule has 142 valence electrons. The molecule has 0 bridgehead atoms. The fourth-order valence-corrected chi connectivity index (χ4v) is 3.77. The minimum atomic E-state index is -0.248. The molecule has 2 aliphatic rings. The van der Waals surface area contributed by atoms with Crippen molar-refractivity contribution in [3.63, 3.8) is 0 Å². The first-order valence-corrected chi connectivity index (χ1v) is 9.82. The summed E-state index contributed by atoms with van der Waals surface area (Å²) >= 11 is 0. The molecule has 1 aromatic rings. The third-order valence-electron chi connectivity index (χ3n) is 5.15. The second kappa shape index (κ2) is 7.68. The maximum absolute atomic E-state index is 13.0. The Labute approximate surface area is 156 Å². The van der Waals surface area contributed by atoms with Crippen LogP contribution in [-0.2, 0) is 12.8 Å². The molecule has 5 nitrogen and oxygen atoms in total. The first-order valence-electron chi connectivity index (χ1n) is 9.82. The van der Waals surface area contributed by atoms with E-state index in [4.69, 9.17) is 0 Å². The minimum absolute atomic E-state index is 0.0411. The third-order valence-corrected chi connectivity index (χ3v) is 5.15. The Bertz CT molecular complexity index is 678. The van der Waals surface area contributed by atoms with Crippen molar-refractivity contribution in [2.75, 3.05) is 26.2 Å². The normalized spacial score (nSPS) is 18.1. The van der Waals surface area contributed by atoms with Gasteiger partial charge in [-0.25, -0.2) is 4.79 Å². The molecule has 1 aliphatic heterocycles. The molecule has 1 aliphatic carbocycles. The zero-order valence-electron chi connectivity index (χ0n) is 16.3. The summed E-state index contributed by atoms with van der Waals surface area (Å²) in [6.45, 7) is 8.51. The molecular weight excluding hydrogens is 326 g/mol. The summed E-state index contributed by atoms with van der Waals surface area (Å²) in [5.74, 6) is 0.0939. The number of nitrogens with one attached hydrogen (secondary N) is 1. The van der Waals surface area contributed by atoms with Gasteiger partial charge in [0.2, 0.25) is 0 Å². The number of carbonyl (C=O) groups is 2. The van der Waals surface area contributed by atoms with Gasteiger partial charge in [0.05, 0.1) is 0 Å². The quantitative estimate of drug-likeness (QED) is 0.839. The Hall–Kier alpha value is -2.04. The lowest BCUT2D eigenvalue weighted by Gasteiger charge is -2.27. The van der Waals surface area contributed by atoms with Gasteiger partial charge in [-0.15, -0.1) is 0 Å². The summed E-state index contributed by atoms with van der Waals surface area (Å²) in [6.07, 6.45) is 5.49. The molecule has 26 heavy (non-hydrogen) atoms. The van der Waals surface area contributed by atoms with Crippen molar-refractivity contribution in [3.8, 4) is 0 Å². The number of benzene rings is 1. The molecule has 1 saturated heterocycles. The number of aryl methyl sites for hydroxylation is 2. The molecule has 3 amide bonds. The molecule has 1 heterocycles. The van der Waals surface area contributed by atoms with Gasteiger partial charge in [-0.05, 0) is 76.1 Å². The van der Waals surface area contributed by atoms with Crippen LogP contribution in [0.25, 0.3) is 0 Å². The smallest absolute Gasteiger partial charge is 0.317 e. The number of hydrogen-bond donors (Lipinski definition) is 1. The number of amides is 3. The summed E-state index contributed by atoms with van der Waals surface area (Å²) in [6, 6.07) is 6.15. The molecule has 0 unspecified atom stereocenters. The van der Waals surface area contributed by atoms with Crippen LogP contribution in [0.1, 0.15) is 61.5 Å². The van der Waals surface area contributed by atoms with Crippen molar-refractivity contribution in [1.29, 1.82) is 0 Å². The molecule has 1 fully saturated rings. The number of nitrogens with zero attached hydrogens (tertiary/aromatic N) is 2. The number of fused-ring (bicyclic) bond motifs is 1. The lowest BCUT2D eigenvalue weighted by Crippen LogP contribution is -2.49. The van der Waals surface area contributed by atoms with E-state index >= 15 is 0 Å². The molecule has 0 radical (unpaired) electrons. The topological polar surface area (TPSA) is 52.7 Å². The van der Waals surface area contributed by atoms with Crippen molar-refractivity contribution in [1.82, 2.24) is 15.1 Å². The summed E-state index contributed by atoms with van der Waals surface area (Å²) in [7, 11) is 0. The SMILES string of the molecule is CC(C)(C)NC(=O)N1CCCN(C(=O)c2ccc3c(c2)CCCC3)CC1. The van der Waals surface area contributed by atoms with Gasteiger partial charge < -0.3 is 15.1 Å². The van der Waals surface area contributed by atoms with E-state index in [-0.39, 0.29) is 17.5 Å². The molecule has 0 saturated carbocycles. The lowest BCUT2D eigenvalue weighted by molar-refractivity contribution is 0.0762. The van der Waals surface area contributed by atoms with Crippen molar-refractivity contribution in [3.05, 3.63) is 34.9 Å². The highest BCUT2D eigenvalue weighted by atomic mass is 16.2.